The maximum absolute atomic E-state index is 11.2. The van der Waals surface area contributed by atoms with E-state index in [2.05, 4.69) is 11.0 Å². The minimum atomic E-state index is -4.35. The molecule has 11 heteroatoms. The second-order valence-electron chi connectivity index (χ2n) is 4.12. The van der Waals surface area contributed by atoms with E-state index in [1.54, 1.807) is 0 Å². The maximum Gasteiger partial charge on any atom is 0.282 e. The molecular formula is C7H17N3O6S2. The van der Waals surface area contributed by atoms with Crippen LogP contribution in [0, 0.1) is 0 Å². The largest absolute Gasteiger partial charge is 0.285 e. The van der Waals surface area contributed by atoms with Crippen LogP contribution in [0.4, 0.5) is 0 Å². The Morgan fingerprint density at radius 1 is 1.06 bits per heavy atom. The summed E-state index contributed by atoms with van der Waals surface area (Å²) in [5, 5.41) is -1.20. The first kappa shape index (κ1) is 15.8. The lowest BCUT2D eigenvalue weighted by Gasteiger charge is -2.25. The molecule has 1 rings (SSSR count). The Kier molecular flexibility index (Phi) is 5.05. The van der Waals surface area contributed by atoms with Crippen molar-refractivity contribution in [2.45, 2.75) is 29.9 Å². The molecule has 0 aromatic rings. The molecule has 0 aromatic heterocycles. The molecule has 0 aliphatic carbocycles. The van der Waals surface area contributed by atoms with Crippen LogP contribution in [-0.4, -0.2) is 55.2 Å². The summed E-state index contributed by atoms with van der Waals surface area (Å²) in [7, 11) is -7.18. The predicted molar refractivity (Wildman–Crippen MR) is 63.4 cm³/mol. The molecular weight excluding hydrogens is 286 g/mol. The molecule has 1 fully saturated rings. The fourth-order valence-electron chi connectivity index (χ4n) is 1.80. The Morgan fingerprint density at radius 2 is 1.67 bits per heavy atom. The Labute approximate surface area is 106 Å². The lowest BCUT2D eigenvalue weighted by Crippen LogP contribution is -2.52. The molecule has 0 saturated carbocycles. The number of rotatable bonds is 2. The van der Waals surface area contributed by atoms with Gasteiger partial charge in [0.25, 0.3) is 20.2 Å². The van der Waals surface area contributed by atoms with Crippen molar-refractivity contribution in [3.8, 4) is 0 Å². The van der Waals surface area contributed by atoms with Crippen molar-refractivity contribution in [3.63, 3.8) is 0 Å². The first-order chi connectivity index (χ1) is 8.12. The van der Waals surface area contributed by atoms with Gasteiger partial charge >= 0.3 is 0 Å². The molecule has 0 aromatic carbocycles. The standard InChI is InChI=1S/C7H17N3O6S2/c1-10-7(18(14,15)16)3-2-6(17(11,12)13)4-5-8-9-10/h6-9H,2-5H2,1H3,(H,11,12,13)(H,14,15,16). The average molecular weight is 303 g/mol. The average Bonchev–Trinajstić information content (AvgIpc) is 2.25. The number of hydrogen-bond donors (Lipinski definition) is 4. The van der Waals surface area contributed by atoms with Gasteiger partial charge in [-0.3, -0.25) is 9.11 Å². The molecule has 2 unspecified atom stereocenters. The quantitative estimate of drug-likeness (QED) is 0.453. The van der Waals surface area contributed by atoms with E-state index in [1.807, 2.05) is 0 Å². The van der Waals surface area contributed by atoms with Gasteiger partial charge < -0.3 is 0 Å². The second-order valence-corrected chi connectivity index (χ2v) is 7.39. The molecule has 18 heavy (non-hydrogen) atoms. The van der Waals surface area contributed by atoms with Gasteiger partial charge in [-0.05, 0) is 19.3 Å². The van der Waals surface area contributed by atoms with E-state index in [4.69, 9.17) is 9.11 Å². The van der Waals surface area contributed by atoms with E-state index >= 15 is 0 Å². The van der Waals surface area contributed by atoms with Crippen LogP contribution >= 0.6 is 0 Å². The van der Waals surface area contributed by atoms with Crippen molar-refractivity contribution in [1.29, 1.82) is 0 Å². The van der Waals surface area contributed by atoms with Crippen LogP contribution in [0.2, 0.25) is 0 Å². The Bertz CT molecular complexity index is 475. The Hall–Kier alpha value is -0.300. The number of hydrazine groups is 2. The molecule has 2 atom stereocenters. The van der Waals surface area contributed by atoms with Gasteiger partial charge in [0.2, 0.25) is 0 Å². The number of nitrogens with zero attached hydrogens (tertiary/aromatic N) is 1. The van der Waals surface area contributed by atoms with E-state index in [-0.39, 0.29) is 25.8 Å². The van der Waals surface area contributed by atoms with E-state index in [1.165, 1.54) is 7.05 Å². The minimum absolute atomic E-state index is 0.0585. The van der Waals surface area contributed by atoms with Crippen LogP contribution in [-0.2, 0) is 20.2 Å². The fourth-order valence-corrected chi connectivity index (χ4v) is 3.53. The summed E-state index contributed by atoms with van der Waals surface area (Å²) in [6.07, 6.45) is -0.0384. The van der Waals surface area contributed by atoms with E-state index < -0.39 is 30.9 Å². The van der Waals surface area contributed by atoms with Crippen molar-refractivity contribution < 1.29 is 25.9 Å². The van der Waals surface area contributed by atoms with Gasteiger partial charge in [0.05, 0.1) is 5.25 Å². The van der Waals surface area contributed by atoms with Crippen LogP contribution in [0.1, 0.15) is 19.3 Å². The predicted octanol–water partition coefficient (Wildman–Crippen LogP) is -1.42. The molecule has 4 N–H and O–H groups in total. The Balaban J connectivity index is 2.90. The highest BCUT2D eigenvalue weighted by Gasteiger charge is 2.32. The molecule has 1 saturated heterocycles. The molecule has 0 radical (unpaired) electrons. The zero-order chi connectivity index (χ0) is 14.0. The van der Waals surface area contributed by atoms with Crippen molar-refractivity contribution in [2.24, 2.45) is 0 Å². The van der Waals surface area contributed by atoms with Crippen molar-refractivity contribution in [2.75, 3.05) is 13.6 Å². The summed E-state index contributed by atoms with van der Waals surface area (Å²) in [6.45, 7) is 0.229. The summed E-state index contributed by atoms with van der Waals surface area (Å²) in [6, 6.07) is 0. The molecule has 108 valence electrons. The minimum Gasteiger partial charge on any atom is -0.285 e. The molecule has 0 amide bonds. The zero-order valence-corrected chi connectivity index (χ0v) is 11.4. The molecule has 1 aliphatic rings. The topological polar surface area (TPSA) is 136 Å². The first-order valence-corrected chi connectivity index (χ1v) is 8.27. The van der Waals surface area contributed by atoms with Gasteiger partial charge in [-0.1, -0.05) is 0 Å². The van der Waals surface area contributed by atoms with Crippen molar-refractivity contribution >= 4 is 20.2 Å². The zero-order valence-electron chi connectivity index (χ0n) is 9.77. The number of hydrogen-bond acceptors (Lipinski definition) is 7. The monoisotopic (exact) mass is 303 g/mol. The Morgan fingerprint density at radius 3 is 2.17 bits per heavy atom. The molecule has 9 nitrogen and oxygen atoms in total. The highest BCUT2D eigenvalue weighted by atomic mass is 32.2. The van der Waals surface area contributed by atoms with Crippen LogP contribution in [0.5, 0.6) is 0 Å². The fraction of sp³-hybridized carbons (Fsp3) is 1.00. The molecule has 1 heterocycles. The molecule has 0 spiro atoms. The lowest BCUT2D eigenvalue weighted by molar-refractivity contribution is 0.164. The highest BCUT2D eigenvalue weighted by Crippen LogP contribution is 2.18. The van der Waals surface area contributed by atoms with Gasteiger partial charge in [0.1, 0.15) is 0 Å². The second kappa shape index (κ2) is 5.77. The SMILES string of the molecule is CN1NNCCC(S(=O)(=O)O)CCC1S(=O)(=O)O. The summed E-state index contributed by atoms with van der Waals surface area (Å²) >= 11 is 0. The number of nitrogens with one attached hydrogen (secondary N) is 2. The highest BCUT2D eigenvalue weighted by molar-refractivity contribution is 7.86. The van der Waals surface area contributed by atoms with Gasteiger partial charge in [0.15, 0.2) is 5.37 Å². The maximum atomic E-state index is 11.2. The first-order valence-electron chi connectivity index (χ1n) is 5.26. The van der Waals surface area contributed by atoms with Crippen LogP contribution < -0.4 is 11.0 Å². The van der Waals surface area contributed by atoms with E-state index in [9.17, 15) is 16.8 Å². The summed E-state index contributed by atoms with van der Waals surface area (Å²) in [5.74, 6) is 0. The lowest BCUT2D eigenvalue weighted by atomic mass is 10.2. The third-order valence-electron chi connectivity index (χ3n) is 2.78. The molecule has 0 bridgehead atoms. The van der Waals surface area contributed by atoms with Crippen molar-refractivity contribution in [1.82, 2.24) is 16.0 Å². The summed E-state index contributed by atoms with van der Waals surface area (Å²) in [5.41, 5.74) is 5.13. The normalized spacial score (nSPS) is 29.3. The van der Waals surface area contributed by atoms with Gasteiger partial charge in [0, 0.05) is 13.6 Å². The third kappa shape index (κ3) is 4.42. The summed E-state index contributed by atoms with van der Waals surface area (Å²) in [4.78, 5) is 0. The van der Waals surface area contributed by atoms with Crippen LogP contribution in [0.15, 0.2) is 0 Å². The van der Waals surface area contributed by atoms with Gasteiger partial charge in [-0.2, -0.15) is 22.4 Å². The van der Waals surface area contributed by atoms with Crippen LogP contribution in [0.3, 0.4) is 0 Å². The smallest absolute Gasteiger partial charge is 0.282 e. The van der Waals surface area contributed by atoms with E-state index in [0.717, 1.165) is 5.01 Å². The van der Waals surface area contributed by atoms with Gasteiger partial charge in [-0.25, -0.2) is 10.4 Å². The third-order valence-corrected chi connectivity index (χ3v) is 5.33. The molecule has 1 aliphatic heterocycles. The van der Waals surface area contributed by atoms with E-state index in [0.29, 0.717) is 0 Å². The van der Waals surface area contributed by atoms with Crippen LogP contribution in [0.25, 0.3) is 0 Å². The van der Waals surface area contributed by atoms with Gasteiger partial charge in [-0.15, -0.1) is 0 Å². The van der Waals surface area contributed by atoms with Crippen molar-refractivity contribution in [3.05, 3.63) is 0 Å². The summed E-state index contributed by atoms with van der Waals surface area (Å²) < 4.78 is 62.6.